The molecule has 0 spiro atoms. The van der Waals surface area contributed by atoms with E-state index in [9.17, 15) is 4.79 Å². The maximum Gasteiger partial charge on any atom is 0.228 e. The van der Waals surface area contributed by atoms with Crippen LogP contribution in [0.1, 0.15) is 29.6 Å². The minimum atomic E-state index is -0.0654. The normalized spacial score (nSPS) is 13.1. The van der Waals surface area contributed by atoms with Crippen molar-refractivity contribution in [3.05, 3.63) is 28.9 Å². The number of carbonyl (C=O) groups is 1. The number of nitrogens with zero attached hydrogens (tertiary/aromatic N) is 3. The van der Waals surface area contributed by atoms with Crippen LogP contribution in [0.4, 0.5) is 0 Å². The topological polar surface area (TPSA) is 92.9 Å². The molecule has 0 aromatic carbocycles. The predicted molar refractivity (Wildman–Crippen MR) is 87.3 cm³/mol. The zero-order valence-electron chi connectivity index (χ0n) is 13.2. The number of halogens is 1. The highest BCUT2D eigenvalue weighted by molar-refractivity contribution is 5.85. The van der Waals surface area contributed by atoms with Gasteiger partial charge in [-0.1, -0.05) is 5.16 Å². The smallest absolute Gasteiger partial charge is 0.228 e. The van der Waals surface area contributed by atoms with E-state index in [0.29, 0.717) is 24.7 Å². The molecule has 3 heterocycles. The minimum absolute atomic E-state index is 0. The van der Waals surface area contributed by atoms with Crippen molar-refractivity contribution in [3.63, 3.8) is 0 Å². The van der Waals surface area contributed by atoms with Crippen LogP contribution in [0.15, 0.2) is 10.7 Å². The molecule has 0 saturated carbocycles. The summed E-state index contributed by atoms with van der Waals surface area (Å²) in [4.78, 5) is 19.8. The molecule has 2 aromatic rings. The van der Waals surface area contributed by atoms with Crippen LogP contribution < -0.4 is 10.6 Å². The number of fused-ring (bicyclic) bond motifs is 1. The van der Waals surface area contributed by atoms with E-state index in [4.69, 9.17) is 4.52 Å². The van der Waals surface area contributed by atoms with Gasteiger partial charge < -0.3 is 15.2 Å². The third kappa shape index (κ3) is 3.86. The standard InChI is InChI=1S/C15H19N5O2.ClH/c1-9-14(12-3-5-16-7-11(12)8-18-9)15-19-13(22-20-15)4-6-17-10(2)21;/h8,16H,3-7H2,1-2H3,(H,17,21);1H. The summed E-state index contributed by atoms with van der Waals surface area (Å²) in [6.07, 6.45) is 3.37. The Kier molecular flexibility index (Phi) is 5.68. The fourth-order valence-corrected chi connectivity index (χ4v) is 2.67. The molecule has 2 aromatic heterocycles. The number of hydrogen-bond donors (Lipinski definition) is 2. The lowest BCUT2D eigenvalue weighted by atomic mass is 9.95. The Balaban J connectivity index is 0.00000192. The Labute approximate surface area is 140 Å². The molecule has 0 aliphatic carbocycles. The number of aryl methyl sites for hydroxylation is 1. The van der Waals surface area contributed by atoms with Crippen LogP contribution in [0.25, 0.3) is 11.4 Å². The van der Waals surface area contributed by atoms with Gasteiger partial charge in [0.1, 0.15) is 0 Å². The van der Waals surface area contributed by atoms with E-state index in [-0.39, 0.29) is 18.3 Å². The molecular weight excluding hydrogens is 318 g/mol. The van der Waals surface area contributed by atoms with Crippen molar-refractivity contribution in [3.8, 4) is 11.4 Å². The van der Waals surface area contributed by atoms with Gasteiger partial charge in [0.15, 0.2) is 0 Å². The van der Waals surface area contributed by atoms with Crippen LogP contribution in [0.2, 0.25) is 0 Å². The fourth-order valence-electron chi connectivity index (χ4n) is 2.67. The molecule has 23 heavy (non-hydrogen) atoms. The van der Waals surface area contributed by atoms with Crippen LogP contribution >= 0.6 is 12.4 Å². The molecule has 124 valence electrons. The predicted octanol–water partition coefficient (Wildman–Crippen LogP) is 1.19. The SMILES string of the molecule is CC(=O)NCCc1nc(-c2c(C)ncc3c2CCNC3)no1.Cl. The van der Waals surface area contributed by atoms with Crippen LogP contribution in [0.3, 0.4) is 0 Å². The van der Waals surface area contributed by atoms with Crippen LogP contribution in [-0.4, -0.2) is 34.1 Å². The molecular formula is C15H20ClN5O2. The number of pyridine rings is 1. The second-order valence-corrected chi connectivity index (χ2v) is 5.39. The molecule has 0 fully saturated rings. The molecule has 2 N–H and O–H groups in total. The summed E-state index contributed by atoms with van der Waals surface area (Å²) in [7, 11) is 0. The second kappa shape index (κ2) is 7.52. The fraction of sp³-hybridized carbons (Fsp3) is 0.467. The molecule has 1 aliphatic heterocycles. The summed E-state index contributed by atoms with van der Waals surface area (Å²) >= 11 is 0. The van der Waals surface area contributed by atoms with Crippen molar-refractivity contribution in [2.45, 2.75) is 33.2 Å². The van der Waals surface area contributed by atoms with Gasteiger partial charge in [-0.05, 0) is 31.0 Å². The van der Waals surface area contributed by atoms with E-state index in [2.05, 4.69) is 25.8 Å². The monoisotopic (exact) mass is 337 g/mol. The average molecular weight is 338 g/mol. The number of hydrogen-bond acceptors (Lipinski definition) is 6. The third-order valence-corrected chi connectivity index (χ3v) is 3.74. The summed E-state index contributed by atoms with van der Waals surface area (Å²) < 4.78 is 5.29. The van der Waals surface area contributed by atoms with Gasteiger partial charge >= 0.3 is 0 Å². The highest BCUT2D eigenvalue weighted by Gasteiger charge is 2.20. The van der Waals surface area contributed by atoms with Gasteiger partial charge in [-0.25, -0.2) is 0 Å². The van der Waals surface area contributed by atoms with Crippen molar-refractivity contribution in [2.75, 3.05) is 13.1 Å². The zero-order chi connectivity index (χ0) is 15.5. The largest absolute Gasteiger partial charge is 0.356 e. The van der Waals surface area contributed by atoms with E-state index in [0.717, 1.165) is 30.8 Å². The number of aromatic nitrogens is 3. The summed E-state index contributed by atoms with van der Waals surface area (Å²) in [5.74, 6) is 1.04. The second-order valence-electron chi connectivity index (χ2n) is 5.39. The van der Waals surface area contributed by atoms with Crippen LogP contribution in [-0.2, 0) is 24.2 Å². The Hall–Kier alpha value is -1.99. The van der Waals surface area contributed by atoms with E-state index in [1.54, 1.807) is 0 Å². The summed E-state index contributed by atoms with van der Waals surface area (Å²) in [5.41, 5.74) is 4.33. The number of rotatable bonds is 4. The molecule has 0 radical (unpaired) electrons. The van der Waals surface area contributed by atoms with E-state index < -0.39 is 0 Å². The van der Waals surface area contributed by atoms with Crippen molar-refractivity contribution in [2.24, 2.45) is 0 Å². The maximum absolute atomic E-state index is 10.9. The minimum Gasteiger partial charge on any atom is -0.356 e. The first kappa shape index (κ1) is 17.4. The lowest BCUT2D eigenvalue weighted by Gasteiger charge is -2.19. The molecule has 0 atom stereocenters. The zero-order valence-corrected chi connectivity index (χ0v) is 14.0. The third-order valence-electron chi connectivity index (χ3n) is 3.74. The molecule has 3 rings (SSSR count). The van der Waals surface area contributed by atoms with Gasteiger partial charge in [0.25, 0.3) is 0 Å². The number of nitrogens with one attached hydrogen (secondary N) is 2. The van der Waals surface area contributed by atoms with Crippen molar-refractivity contribution in [1.29, 1.82) is 0 Å². The molecule has 0 saturated heterocycles. The Morgan fingerprint density at radius 1 is 1.48 bits per heavy atom. The van der Waals surface area contributed by atoms with Gasteiger partial charge in [-0.2, -0.15) is 4.98 Å². The van der Waals surface area contributed by atoms with E-state index in [1.165, 1.54) is 18.1 Å². The van der Waals surface area contributed by atoms with Crippen molar-refractivity contribution >= 4 is 18.3 Å². The molecule has 8 heteroatoms. The Morgan fingerprint density at radius 2 is 2.30 bits per heavy atom. The highest BCUT2D eigenvalue weighted by Crippen LogP contribution is 2.28. The quantitative estimate of drug-likeness (QED) is 0.870. The van der Waals surface area contributed by atoms with Gasteiger partial charge in [-0.15, -0.1) is 12.4 Å². The van der Waals surface area contributed by atoms with Gasteiger partial charge in [0, 0.05) is 43.9 Å². The van der Waals surface area contributed by atoms with Crippen molar-refractivity contribution in [1.82, 2.24) is 25.8 Å². The highest BCUT2D eigenvalue weighted by atomic mass is 35.5. The maximum atomic E-state index is 10.9. The first-order valence-corrected chi connectivity index (χ1v) is 7.40. The molecule has 0 bridgehead atoms. The van der Waals surface area contributed by atoms with Crippen LogP contribution in [0, 0.1) is 6.92 Å². The molecule has 0 unspecified atom stereocenters. The summed E-state index contributed by atoms with van der Waals surface area (Å²) in [5, 5.41) is 10.1. The van der Waals surface area contributed by atoms with E-state index >= 15 is 0 Å². The Morgan fingerprint density at radius 3 is 3.09 bits per heavy atom. The average Bonchev–Trinajstić information content (AvgIpc) is 2.95. The number of amides is 1. The van der Waals surface area contributed by atoms with E-state index in [1.807, 2.05) is 13.1 Å². The van der Waals surface area contributed by atoms with Gasteiger partial charge in [0.05, 0.1) is 0 Å². The van der Waals surface area contributed by atoms with Crippen molar-refractivity contribution < 1.29 is 9.32 Å². The first-order chi connectivity index (χ1) is 10.6. The van der Waals surface area contributed by atoms with Gasteiger partial charge in [0.2, 0.25) is 17.6 Å². The lowest BCUT2D eigenvalue weighted by molar-refractivity contribution is -0.118. The van der Waals surface area contributed by atoms with Crippen LogP contribution in [0.5, 0.6) is 0 Å². The molecule has 1 amide bonds. The lowest BCUT2D eigenvalue weighted by Crippen LogP contribution is -2.25. The number of carbonyl (C=O) groups excluding carboxylic acids is 1. The molecule has 1 aliphatic rings. The van der Waals surface area contributed by atoms with Gasteiger partial charge in [-0.3, -0.25) is 9.78 Å². The first-order valence-electron chi connectivity index (χ1n) is 7.40. The summed E-state index contributed by atoms with van der Waals surface area (Å²) in [6, 6.07) is 0. The summed E-state index contributed by atoms with van der Waals surface area (Å²) in [6.45, 7) is 5.70. The molecule has 7 nitrogen and oxygen atoms in total. The Bertz CT molecular complexity index is 701.